The normalized spacial score (nSPS) is 24.9. The number of thioether (sulfide) groups is 2. The molecule has 0 aromatic heterocycles. The maximum Gasteiger partial charge on any atom is 0.348 e. The predicted octanol–water partition coefficient (Wildman–Crippen LogP) is 3.01. The van der Waals surface area contributed by atoms with Crippen LogP contribution in [0.25, 0.3) is 0 Å². The molecule has 0 saturated carbocycles. The number of ether oxygens (including phenoxy) is 2. The van der Waals surface area contributed by atoms with E-state index >= 15 is 0 Å². The number of rotatable bonds is 4. The highest BCUT2D eigenvalue weighted by atomic mass is 32.2. The van der Waals surface area contributed by atoms with Gasteiger partial charge in [-0.1, -0.05) is 6.58 Å². The minimum absolute atomic E-state index is 0.270. The Hall–Kier alpha value is -0.620. The Balaban J connectivity index is 2.53. The molecule has 0 aromatic carbocycles. The van der Waals surface area contributed by atoms with E-state index in [1.54, 1.807) is 30.4 Å². The van der Waals surface area contributed by atoms with Crippen LogP contribution >= 0.6 is 23.5 Å². The van der Waals surface area contributed by atoms with Gasteiger partial charge in [0.15, 0.2) is 11.0 Å². The summed E-state index contributed by atoms with van der Waals surface area (Å²) in [5.41, 5.74) is 0.270. The fourth-order valence-electron chi connectivity index (χ4n) is 1.56. The highest BCUT2D eigenvalue weighted by Crippen LogP contribution is 2.34. The van der Waals surface area contributed by atoms with E-state index in [1.807, 2.05) is 6.92 Å². The van der Waals surface area contributed by atoms with Crippen LogP contribution in [0.4, 0.5) is 0 Å². The molecule has 0 bridgehead atoms. The second kappa shape index (κ2) is 7.98. The van der Waals surface area contributed by atoms with Crippen molar-refractivity contribution in [1.29, 1.82) is 0 Å². The Labute approximate surface area is 129 Å². The van der Waals surface area contributed by atoms with Crippen molar-refractivity contribution in [3.8, 4) is 0 Å². The van der Waals surface area contributed by atoms with Crippen molar-refractivity contribution in [3.63, 3.8) is 0 Å². The second-order valence-electron chi connectivity index (χ2n) is 4.99. The van der Waals surface area contributed by atoms with Crippen LogP contribution in [0.2, 0.25) is 0 Å². The standard InChI is InChI=1S/C14H22O4S2/c1-10(2)12(15)17-11(3)13(16)18-14(4)9-19-7-5-6-8-20-14/h11H,1,5-9H2,2-4H3. The third kappa shape index (κ3) is 5.79. The zero-order valence-corrected chi connectivity index (χ0v) is 13.9. The van der Waals surface area contributed by atoms with Crippen LogP contribution in [0, 0.1) is 0 Å². The smallest absolute Gasteiger partial charge is 0.348 e. The van der Waals surface area contributed by atoms with Gasteiger partial charge in [-0.05, 0) is 45.1 Å². The van der Waals surface area contributed by atoms with Crippen LogP contribution in [-0.2, 0) is 19.1 Å². The summed E-state index contributed by atoms with van der Waals surface area (Å²) in [7, 11) is 0. The van der Waals surface area contributed by atoms with Gasteiger partial charge in [0.2, 0.25) is 0 Å². The quantitative estimate of drug-likeness (QED) is 0.587. The number of carbonyl (C=O) groups is 2. The van der Waals surface area contributed by atoms with Crippen LogP contribution in [-0.4, -0.2) is 40.2 Å². The van der Waals surface area contributed by atoms with Crippen LogP contribution in [0.3, 0.4) is 0 Å². The Kier molecular flexibility index (Phi) is 6.95. The van der Waals surface area contributed by atoms with Gasteiger partial charge in [-0.3, -0.25) is 0 Å². The van der Waals surface area contributed by atoms with Gasteiger partial charge in [-0.15, -0.1) is 11.8 Å². The summed E-state index contributed by atoms with van der Waals surface area (Å²) in [6, 6.07) is 0. The molecule has 0 aliphatic carbocycles. The van der Waals surface area contributed by atoms with E-state index in [9.17, 15) is 9.59 Å². The molecule has 1 heterocycles. The number of hydrogen-bond acceptors (Lipinski definition) is 6. The molecular weight excluding hydrogens is 296 g/mol. The van der Waals surface area contributed by atoms with Gasteiger partial charge in [-0.25, -0.2) is 9.59 Å². The fraction of sp³-hybridized carbons (Fsp3) is 0.714. The first-order chi connectivity index (χ1) is 9.34. The molecule has 20 heavy (non-hydrogen) atoms. The van der Waals surface area contributed by atoms with Crippen molar-refractivity contribution in [2.75, 3.05) is 17.3 Å². The summed E-state index contributed by atoms with van der Waals surface area (Å²) < 4.78 is 10.5. The lowest BCUT2D eigenvalue weighted by atomic mass is 10.3. The molecule has 0 amide bonds. The minimum Gasteiger partial charge on any atom is -0.447 e. The van der Waals surface area contributed by atoms with Gasteiger partial charge < -0.3 is 9.47 Å². The van der Waals surface area contributed by atoms with Crippen molar-refractivity contribution in [1.82, 2.24) is 0 Å². The van der Waals surface area contributed by atoms with E-state index in [-0.39, 0.29) is 5.57 Å². The van der Waals surface area contributed by atoms with Crippen molar-refractivity contribution in [2.45, 2.75) is 44.6 Å². The Morgan fingerprint density at radius 2 is 1.95 bits per heavy atom. The van der Waals surface area contributed by atoms with Gasteiger partial charge in [-0.2, -0.15) is 11.8 Å². The molecule has 114 valence electrons. The SMILES string of the molecule is C=C(C)C(=O)OC(C)C(=O)OC1(C)CSCCCCS1. The largest absolute Gasteiger partial charge is 0.447 e. The van der Waals surface area contributed by atoms with Gasteiger partial charge in [0.25, 0.3) is 0 Å². The van der Waals surface area contributed by atoms with Crippen LogP contribution in [0.15, 0.2) is 12.2 Å². The lowest BCUT2D eigenvalue weighted by molar-refractivity contribution is -0.168. The zero-order valence-electron chi connectivity index (χ0n) is 12.3. The minimum atomic E-state index is -0.910. The Morgan fingerprint density at radius 3 is 2.60 bits per heavy atom. The summed E-state index contributed by atoms with van der Waals surface area (Å²) >= 11 is 3.44. The molecule has 1 saturated heterocycles. The number of hydrogen-bond donors (Lipinski definition) is 0. The van der Waals surface area contributed by atoms with E-state index in [2.05, 4.69) is 6.58 Å². The Morgan fingerprint density at radius 1 is 1.30 bits per heavy atom. The van der Waals surface area contributed by atoms with Crippen LogP contribution < -0.4 is 0 Å². The molecule has 0 N–H and O–H groups in total. The average molecular weight is 318 g/mol. The molecule has 6 heteroatoms. The molecular formula is C14H22O4S2. The molecule has 2 unspecified atom stereocenters. The fourth-order valence-corrected chi connectivity index (χ4v) is 4.04. The summed E-state index contributed by atoms with van der Waals surface area (Å²) in [6.45, 7) is 8.47. The highest BCUT2D eigenvalue weighted by Gasteiger charge is 2.33. The first-order valence-corrected chi connectivity index (χ1v) is 8.79. The van der Waals surface area contributed by atoms with Gasteiger partial charge >= 0.3 is 11.9 Å². The lowest BCUT2D eigenvalue weighted by Crippen LogP contribution is -2.37. The second-order valence-corrected chi connectivity index (χ2v) is 7.66. The predicted molar refractivity (Wildman–Crippen MR) is 83.9 cm³/mol. The maximum absolute atomic E-state index is 12.0. The maximum atomic E-state index is 12.0. The van der Waals surface area contributed by atoms with Crippen molar-refractivity contribution >= 4 is 35.5 Å². The highest BCUT2D eigenvalue weighted by molar-refractivity contribution is 8.03. The van der Waals surface area contributed by atoms with E-state index < -0.39 is 23.0 Å². The topological polar surface area (TPSA) is 52.6 Å². The van der Waals surface area contributed by atoms with Crippen LogP contribution in [0.5, 0.6) is 0 Å². The molecule has 0 radical (unpaired) electrons. The van der Waals surface area contributed by atoms with E-state index in [1.165, 1.54) is 13.3 Å². The van der Waals surface area contributed by atoms with Gasteiger partial charge in [0.05, 0.1) is 0 Å². The average Bonchev–Trinajstić information content (AvgIpc) is 2.34. The summed E-state index contributed by atoms with van der Waals surface area (Å²) in [5.74, 6) is 1.75. The third-order valence-corrected chi connectivity index (χ3v) is 5.58. The van der Waals surface area contributed by atoms with E-state index in [0.717, 1.165) is 23.7 Å². The lowest BCUT2D eigenvalue weighted by Gasteiger charge is -2.31. The van der Waals surface area contributed by atoms with Crippen molar-refractivity contribution in [2.24, 2.45) is 0 Å². The number of esters is 2. The number of carbonyl (C=O) groups excluding carboxylic acids is 2. The molecule has 0 aromatic rings. The molecule has 1 aliphatic rings. The Bertz CT molecular complexity index is 373. The molecule has 1 fully saturated rings. The van der Waals surface area contributed by atoms with E-state index in [0.29, 0.717) is 0 Å². The zero-order chi connectivity index (χ0) is 15.2. The summed E-state index contributed by atoms with van der Waals surface area (Å²) in [6.07, 6.45) is 1.42. The summed E-state index contributed by atoms with van der Waals surface area (Å²) in [5, 5.41) is 0. The van der Waals surface area contributed by atoms with Gasteiger partial charge in [0, 0.05) is 11.3 Å². The molecule has 1 rings (SSSR count). The molecule has 2 atom stereocenters. The molecule has 0 spiro atoms. The first-order valence-electron chi connectivity index (χ1n) is 6.65. The van der Waals surface area contributed by atoms with Crippen LogP contribution in [0.1, 0.15) is 33.6 Å². The molecule has 1 aliphatic heterocycles. The van der Waals surface area contributed by atoms with Gasteiger partial charge in [0.1, 0.15) is 0 Å². The first kappa shape index (κ1) is 17.4. The van der Waals surface area contributed by atoms with Crippen molar-refractivity contribution in [3.05, 3.63) is 12.2 Å². The van der Waals surface area contributed by atoms with E-state index in [4.69, 9.17) is 9.47 Å². The van der Waals surface area contributed by atoms with Crippen molar-refractivity contribution < 1.29 is 19.1 Å². The summed E-state index contributed by atoms with van der Waals surface area (Å²) in [4.78, 5) is 22.9. The molecule has 4 nitrogen and oxygen atoms in total. The monoisotopic (exact) mass is 318 g/mol. The third-order valence-electron chi connectivity index (χ3n) is 2.74.